The van der Waals surface area contributed by atoms with E-state index in [2.05, 4.69) is 11.4 Å². The Bertz CT molecular complexity index is 337. The number of carbonyl (C=O) groups is 1. The van der Waals surface area contributed by atoms with Gasteiger partial charge >= 0.3 is 0 Å². The second-order valence-corrected chi connectivity index (χ2v) is 4.75. The maximum atomic E-state index is 11.6. The average Bonchev–Trinajstić information content (AvgIpc) is 2.64. The Balaban J connectivity index is 2.04. The van der Waals surface area contributed by atoms with Gasteiger partial charge in [0, 0.05) is 23.7 Å². The van der Waals surface area contributed by atoms with E-state index in [-0.39, 0.29) is 5.91 Å². The van der Waals surface area contributed by atoms with Crippen LogP contribution in [-0.2, 0) is 17.8 Å². The summed E-state index contributed by atoms with van der Waals surface area (Å²) >= 11 is 7.29. The highest BCUT2D eigenvalue weighted by atomic mass is 35.5. The van der Waals surface area contributed by atoms with E-state index in [1.807, 2.05) is 4.90 Å². The zero-order valence-corrected chi connectivity index (χ0v) is 9.40. The zero-order valence-electron chi connectivity index (χ0n) is 7.83. The van der Waals surface area contributed by atoms with Gasteiger partial charge in [-0.15, -0.1) is 22.9 Å². The molecule has 1 aliphatic rings. The standard InChI is InChI=1S/C10H12ClNOS/c11-4-1-10(13)12-5-2-8-3-6-14-9(8)7-12/h3,6H,1-2,4-5,7H2. The van der Waals surface area contributed by atoms with Crippen LogP contribution in [0.15, 0.2) is 11.4 Å². The third-order valence-corrected chi connectivity index (χ3v) is 3.62. The van der Waals surface area contributed by atoms with Gasteiger partial charge < -0.3 is 4.90 Å². The van der Waals surface area contributed by atoms with Crippen molar-refractivity contribution in [1.29, 1.82) is 0 Å². The summed E-state index contributed by atoms with van der Waals surface area (Å²) in [6, 6.07) is 2.16. The molecule has 2 heterocycles. The first-order chi connectivity index (χ1) is 6.81. The second kappa shape index (κ2) is 4.32. The van der Waals surface area contributed by atoms with Gasteiger partial charge in [0.2, 0.25) is 5.91 Å². The van der Waals surface area contributed by atoms with Crippen molar-refractivity contribution < 1.29 is 4.79 Å². The van der Waals surface area contributed by atoms with E-state index in [9.17, 15) is 4.79 Å². The minimum atomic E-state index is 0.180. The van der Waals surface area contributed by atoms with Crippen molar-refractivity contribution in [2.45, 2.75) is 19.4 Å². The molecule has 1 amide bonds. The van der Waals surface area contributed by atoms with Crippen LogP contribution < -0.4 is 0 Å². The quantitative estimate of drug-likeness (QED) is 0.713. The minimum Gasteiger partial charge on any atom is -0.337 e. The van der Waals surface area contributed by atoms with Gasteiger partial charge in [0.25, 0.3) is 0 Å². The Kier molecular flexibility index (Phi) is 3.08. The van der Waals surface area contributed by atoms with E-state index in [0.29, 0.717) is 12.3 Å². The fourth-order valence-corrected chi connectivity index (χ4v) is 2.80. The SMILES string of the molecule is O=C(CCCl)N1CCc2ccsc2C1. The molecule has 1 aromatic heterocycles. The molecular weight excluding hydrogens is 218 g/mol. The lowest BCUT2D eigenvalue weighted by atomic mass is 10.1. The summed E-state index contributed by atoms with van der Waals surface area (Å²) < 4.78 is 0. The summed E-state index contributed by atoms with van der Waals surface area (Å²) in [5.74, 6) is 0.603. The lowest BCUT2D eigenvalue weighted by molar-refractivity contribution is -0.131. The van der Waals surface area contributed by atoms with E-state index in [1.165, 1.54) is 10.4 Å². The van der Waals surface area contributed by atoms with Crippen LogP contribution in [0.2, 0.25) is 0 Å². The summed E-state index contributed by atoms with van der Waals surface area (Å²) in [6.07, 6.45) is 1.45. The van der Waals surface area contributed by atoms with E-state index in [1.54, 1.807) is 11.3 Å². The third-order valence-electron chi connectivity index (χ3n) is 2.48. The molecule has 0 saturated carbocycles. The van der Waals surface area contributed by atoms with Crippen molar-refractivity contribution >= 4 is 28.8 Å². The normalized spacial score (nSPS) is 15.4. The Labute approximate surface area is 92.5 Å². The predicted octanol–water partition coefficient (Wildman–Crippen LogP) is 2.26. The maximum absolute atomic E-state index is 11.6. The number of hydrogen-bond acceptors (Lipinski definition) is 2. The van der Waals surface area contributed by atoms with Crippen molar-refractivity contribution in [1.82, 2.24) is 4.90 Å². The maximum Gasteiger partial charge on any atom is 0.224 e. The molecule has 0 aliphatic carbocycles. The first-order valence-corrected chi connectivity index (χ1v) is 6.11. The summed E-state index contributed by atoms with van der Waals surface area (Å²) in [7, 11) is 0. The molecule has 14 heavy (non-hydrogen) atoms. The first kappa shape index (κ1) is 9.99. The van der Waals surface area contributed by atoms with Gasteiger partial charge in [-0.05, 0) is 23.4 Å². The number of hydrogen-bond donors (Lipinski definition) is 0. The molecule has 76 valence electrons. The molecule has 0 fully saturated rings. The zero-order chi connectivity index (χ0) is 9.97. The van der Waals surface area contributed by atoms with Crippen LogP contribution in [0.25, 0.3) is 0 Å². The van der Waals surface area contributed by atoms with Crippen LogP contribution in [0.3, 0.4) is 0 Å². The molecule has 1 aromatic rings. The molecule has 4 heteroatoms. The van der Waals surface area contributed by atoms with Crippen LogP contribution in [0, 0.1) is 0 Å². The minimum absolute atomic E-state index is 0.180. The van der Waals surface area contributed by atoms with Gasteiger partial charge in [0.1, 0.15) is 0 Å². The summed E-state index contributed by atoms with van der Waals surface area (Å²) in [6.45, 7) is 1.63. The van der Waals surface area contributed by atoms with Crippen molar-refractivity contribution in [2.75, 3.05) is 12.4 Å². The van der Waals surface area contributed by atoms with Gasteiger partial charge in [-0.2, -0.15) is 0 Å². The van der Waals surface area contributed by atoms with Crippen molar-refractivity contribution in [2.24, 2.45) is 0 Å². The van der Waals surface area contributed by atoms with Crippen LogP contribution in [0.4, 0.5) is 0 Å². The summed E-state index contributed by atoms with van der Waals surface area (Å²) in [4.78, 5) is 14.8. The molecule has 0 bridgehead atoms. The number of alkyl halides is 1. The lowest BCUT2D eigenvalue weighted by Gasteiger charge is -2.26. The van der Waals surface area contributed by atoms with Crippen LogP contribution in [0.5, 0.6) is 0 Å². The largest absolute Gasteiger partial charge is 0.337 e. The molecule has 2 rings (SSSR count). The van der Waals surface area contributed by atoms with Crippen LogP contribution in [0.1, 0.15) is 16.9 Å². The van der Waals surface area contributed by atoms with E-state index in [0.717, 1.165) is 19.5 Å². The molecular formula is C10H12ClNOS. The van der Waals surface area contributed by atoms with E-state index < -0.39 is 0 Å². The number of halogens is 1. The highest BCUT2D eigenvalue weighted by molar-refractivity contribution is 7.10. The van der Waals surface area contributed by atoms with Gasteiger partial charge in [0.15, 0.2) is 0 Å². The number of thiophene rings is 1. The van der Waals surface area contributed by atoms with Gasteiger partial charge in [0.05, 0.1) is 6.54 Å². The highest BCUT2D eigenvalue weighted by Gasteiger charge is 2.20. The molecule has 1 aliphatic heterocycles. The molecule has 0 atom stereocenters. The van der Waals surface area contributed by atoms with Gasteiger partial charge in [-0.25, -0.2) is 0 Å². The highest BCUT2D eigenvalue weighted by Crippen LogP contribution is 2.24. The second-order valence-electron chi connectivity index (χ2n) is 3.37. The van der Waals surface area contributed by atoms with Gasteiger partial charge in [-0.3, -0.25) is 4.79 Å². The number of amides is 1. The Morgan fingerprint density at radius 3 is 3.29 bits per heavy atom. The Hall–Kier alpha value is -0.540. The molecule has 0 aromatic carbocycles. The fraction of sp³-hybridized carbons (Fsp3) is 0.500. The number of rotatable bonds is 2. The molecule has 0 radical (unpaired) electrons. The topological polar surface area (TPSA) is 20.3 Å². The molecule has 0 N–H and O–H groups in total. The molecule has 0 spiro atoms. The summed E-state index contributed by atoms with van der Waals surface area (Å²) in [5, 5.41) is 2.10. The predicted molar refractivity (Wildman–Crippen MR) is 58.8 cm³/mol. The smallest absolute Gasteiger partial charge is 0.224 e. The molecule has 0 saturated heterocycles. The first-order valence-electron chi connectivity index (χ1n) is 4.70. The number of carbonyl (C=O) groups excluding carboxylic acids is 1. The average molecular weight is 230 g/mol. The van der Waals surface area contributed by atoms with Crippen molar-refractivity contribution in [3.05, 3.63) is 21.9 Å². The summed E-state index contributed by atoms with van der Waals surface area (Å²) in [5.41, 5.74) is 1.41. The monoisotopic (exact) mass is 229 g/mol. The van der Waals surface area contributed by atoms with Crippen LogP contribution in [-0.4, -0.2) is 23.2 Å². The van der Waals surface area contributed by atoms with E-state index in [4.69, 9.17) is 11.6 Å². The Morgan fingerprint density at radius 2 is 2.50 bits per heavy atom. The van der Waals surface area contributed by atoms with Gasteiger partial charge in [-0.1, -0.05) is 0 Å². The fourth-order valence-electron chi connectivity index (χ4n) is 1.69. The number of fused-ring (bicyclic) bond motifs is 1. The lowest BCUT2D eigenvalue weighted by Crippen LogP contribution is -2.35. The Morgan fingerprint density at radius 1 is 1.64 bits per heavy atom. The molecule has 0 unspecified atom stereocenters. The number of nitrogens with zero attached hydrogens (tertiary/aromatic N) is 1. The van der Waals surface area contributed by atoms with Crippen molar-refractivity contribution in [3.8, 4) is 0 Å². The van der Waals surface area contributed by atoms with Crippen molar-refractivity contribution in [3.63, 3.8) is 0 Å². The van der Waals surface area contributed by atoms with E-state index >= 15 is 0 Å². The molecule has 2 nitrogen and oxygen atoms in total. The third kappa shape index (κ3) is 1.93. The van der Waals surface area contributed by atoms with Crippen LogP contribution >= 0.6 is 22.9 Å².